The van der Waals surface area contributed by atoms with Crippen LogP contribution >= 0.6 is 0 Å². The quantitative estimate of drug-likeness (QED) is 0.315. The van der Waals surface area contributed by atoms with Crippen molar-refractivity contribution in [2.75, 3.05) is 7.11 Å². The van der Waals surface area contributed by atoms with Crippen molar-refractivity contribution in [2.45, 2.75) is 25.9 Å². The zero-order chi connectivity index (χ0) is 20.9. The Hall–Kier alpha value is -1.92. The van der Waals surface area contributed by atoms with Gasteiger partial charge in [0.2, 0.25) is 11.6 Å². The fourth-order valence-electron chi connectivity index (χ4n) is 3.04. The summed E-state index contributed by atoms with van der Waals surface area (Å²) in [5.41, 5.74) is -4.58. The summed E-state index contributed by atoms with van der Waals surface area (Å²) in [5.74, 6) is -12.2. The Morgan fingerprint density at radius 1 is 1.15 bits per heavy atom. The van der Waals surface area contributed by atoms with E-state index in [2.05, 4.69) is 9.47 Å². The van der Waals surface area contributed by atoms with E-state index in [0.717, 1.165) is 7.11 Å². The van der Waals surface area contributed by atoms with Gasteiger partial charge < -0.3 is 14.6 Å². The molecule has 3 unspecified atom stereocenters. The van der Waals surface area contributed by atoms with E-state index in [9.17, 15) is 35.9 Å². The molecule has 1 fully saturated rings. The lowest BCUT2D eigenvalue weighted by Gasteiger charge is -2.12. The van der Waals surface area contributed by atoms with Crippen LogP contribution in [0.4, 0.5) is 17.6 Å². The van der Waals surface area contributed by atoms with Crippen LogP contribution in [0.2, 0.25) is 0 Å². The Bertz CT molecular complexity index is 856. The van der Waals surface area contributed by atoms with Gasteiger partial charge in [0.05, 0.1) is 18.6 Å². The third kappa shape index (κ3) is 3.60. The fourth-order valence-corrected chi connectivity index (χ4v) is 3.92. The maximum atomic E-state index is 13.9. The molecule has 152 valence electrons. The van der Waals surface area contributed by atoms with Crippen LogP contribution < -0.4 is 4.74 Å². The molecule has 2 N–H and O–H groups in total. The first-order valence-electron chi connectivity index (χ1n) is 7.46. The van der Waals surface area contributed by atoms with Crippen molar-refractivity contribution in [2.24, 2.45) is 17.3 Å². The molecule has 1 saturated carbocycles. The second-order valence-corrected chi connectivity index (χ2v) is 8.12. The largest absolute Gasteiger partial charge is 0.491 e. The molecular formula is C15H16F4O7S. The smallest absolute Gasteiger partial charge is 0.310 e. The lowest BCUT2D eigenvalue weighted by Crippen LogP contribution is -2.25. The van der Waals surface area contributed by atoms with Crippen LogP contribution in [0.1, 0.15) is 19.4 Å². The highest BCUT2D eigenvalue weighted by molar-refractivity contribution is 7.86. The minimum atomic E-state index is -4.86. The number of ether oxygens (including phenoxy) is 2. The van der Waals surface area contributed by atoms with Crippen LogP contribution in [0.5, 0.6) is 5.75 Å². The predicted molar refractivity (Wildman–Crippen MR) is 80.9 cm³/mol. The Labute approximate surface area is 151 Å². The third-order valence-corrected chi connectivity index (χ3v) is 5.56. The number of aliphatic hydroxyl groups excluding tert-OH is 1. The highest BCUT2D eigenvalue weighted by atomic mass is 32.2. The summed E-state index contributed by atoms with van der Waals surface area (Å²) in [6.45, 7) is 1.60. The van der Waals surface area contributed by atoms with Gasteiger partial charge in [0, 0.05) is 5.92 Å². The summed E-state index contributed by atoms with van der Waals surface area (Å²) in [6, 6.07) is 0. The molecule has 2 rings (SSSR count). The van der Waals surface area contributed by atoms with Gasteiger partial charge in [0.15, 0.2) is 22.8 Å². The molecule has 3 atom stereocenters. The average Bonchev–Trinajstić information content (AvgIpc) is 3.13. The Morgan fingerprint density at radius 2 is 1.63 bits per heavy atom. The van der Waals surface area contributed by atoms with Crippen LogP contribution in [0, 0.1) is 40.5 Å². The van der Waals surface area contributed by atoms with Gasteiger partial charge in [-0.1, -0.05) is 13.8 Å². The third-order valence-electron chi connectivity index (χ3n) is 4.65. The number of esters is 1. The van der Waals surface area contributed by atoms with Crippen molar-refractivity contribution in [3.05, 3.63) is 28.8 Å². The maximum Gasteiger partial charge on any atom is 0.310 e. The summed E-state index contributed by atoms with van der Waals surface area (Å²) in [6.07, 6.45) is 0. The monoisotopic (exact) mass is 416 g/mol. The van der Waals surface area contributed by atoms with Crippen LogP contribution in [-0.4, -0.2) is 36.6 Å². The van der Waals surface area contributed by atoms with Crippen LogP contribution in [0.3, 0.4) is 0 Å². The van der Waals surface area contributed by atoms with Gasteiger partial charge in [-0.15, -0.1) is 0 Å². The van der Waals surface area contributed by atoms with Crippen molar-refractivity contribution < 1.29 is 49.9 Å². The molecule has 12 heteroatoms. The van der Waals surface area contributed by atoms with E-state index in [0.29, 0.717) is 0 Å². The Balaban J connectivity index is 2.20. The molecule has 0 spiro atoms. The van der Waals surface area contributed by atoms with Crippen molar-refractivity contribution in [1.82, 2.24) is 0 Å². The fraction of sp³-hybridized carbons (Fsp3) is 0.533. The van der Waals surface area contributed by atoms with Gasteiger partial charge in [0.1, 0.15) is 6.61 Å². The van der Waals surface area contributed by atoms with E-state index < -0.39 is 80.0 Å². The second-order valence-electron chi connectivity index (χ2n) is 6.61. The Morgan fingerprint density at radius 3 is 2.04 bits per heavy atom. The van der Waals surface area contributed by atoms with E-state index in [4.69, 9.17) is 4.55 Å². The van der Waals surface area contributed by atoms with E-state index >= 15 is 0 Å². The van der Waals surface area contributed by atoms with Gasteiger partial charge in [0.25, 0.3) is 10.1 Å². The molecule has 27 heavy (non-hydrogen) atoms. The molecule has 0 amide bonds. The topological polar surface area (TPSA) is 110 Å². The molecule has 0 radical (unpaired) electrons. The Kier molecular flexibility index (Phi) is 5.47. The molecular weight excluding hydrogens is 400 g/mol. The normalized spacial score (nSPS) is 22.3. The van der Waals surface area contributed by atoms with Crippen molar-refractivity contribution in [3.8, 4) is 5.75 Å². The van der Waals surface area contributed by atoms with Crippen LogP contribution in [0.15, 0.2) is 0 Å². The van der Waals surface area contributed by atoms with E-state index in [1.54, 1.807) is 0 Å². The second kappa shape index (κ2) is 6.91. The van der Waals surface area contributed by atoms with Gasteiger partial charge in [-0.25, -0.2) is 8.78 Å². The highest BCUT2D eigenvalue weighted by Gasteiger charge is 2.67. The summed E-state index contributed by atoms with van der Waals surface area (Å²) >= 11 is 0. The van der Waals surface area contributed by atoms with E-state index in [1.165, 1.54) is 13.8 Å². The molecule has 0 bridgehead atoms. The summed E-state index contributed by atoms with van der Waals surface area (Å²) < 4.78 is 94.8. The average molecular weight is 416 g/mol. The first kappa shape index (κ1) is 21.4. The van der Waals surface area contributed by atoms with E-state index in [1.807, 2.05) is 0 Å². The van der Waals surface area contributed by atoms with Crippen LogP contribution in [0.25, 0.3) is 0 Å². The van der Waals surface area contributed by atoms with E-state index in [-0.39, 0.29) is 0 Å². The summed E-state index contributed by atoms with van der Waals surface area (Å²) in [4.78, 5) is 12.1. The molecule has 0 aromatic heterocycles. The number of aliphatic hydroxyl groups is 1. The van der Waals surface area contributed by atoms with Crippen LogP contribution in [-0.2, 0) is 26.3 Å². The number of halogens is 4. The molecule has 1 aromatic carbocycles. The standard InChI is InChI=1S/C15H16F4O7S/c1-15(2)6(7(15)14(21)27(22,23)24)13(20)26-4-5-8(16)10(18)12(25-3)11(19)9(5)17/h6-7,14,21H,4H2,1-3H3,(H,22,23,24). The lowest BCUT2D eigenvalue weighted by atomic mass is 10.1. The predicted octanol–water partition coefficient (Wildman–Crippen LogP) is 1.77. The molecule has 7 nitrogen and oxygen atoms in total. The first-order chi connectivity index (χ1) is 12.3. The molecule has 1 aliphatic carbocycles. The number of hydrogen-bond donors (Lipinski definition) is 2. The molecule has 0 aliphatic heterocycles. The minimum absolute atomic E-state index is 0.801. The molecule has 1 aliphatic rings. The summed E-state index contributed by atoms with van der Waals surface area (Å²) in [5, 5.41) is 9.61. The number of carbonyl (C=O) groups is 1. The number of rotatable bonds is 6. The number of methoxy groups -OCH3 is 1. The molecule has 0 heterocycles. The number of hydrogen-bond acceptors (Lipinski definition) is 6. The minimum Gasteiger partial charge on any atom is -0.491 e. The number of benzene rings is 1. The number of carbonyl (C=O) groups excluding carboxylic acids is 1. The van der Waals surface area contributed by atoms with Crippen molar-refractivity contribution in [3.63, 3.8) is 0 Å². The van der Waals surface area contributed by atoms with Gasteiger partial charge >= 0.3 is 5.97 Å². The van der Waals surface area contributed by atoms with Gasteiger partial charge in [-0.05, 0) is 5.41 Å². The molecule has 0 saturated heterocycles. The highest BCUT2D eigenvalue weighted by Crippen LogP contribution is 2.61. The SMILES string of the molecule is COc1c(F)c(F)c(COC(=O)C2C(C(O)S(=O)(=O)O)C2(C)C)c(F)c1F. The summed E-state index contributed by atoms with van der Waals surface area (Å²) in [7, 11) is -4.06. The lowest BCUT2D eigenvalue weighted by molar-refractivity contribution is -0.148. The first-order valence-corrected chi connectivity index (χ1v) is 8.96. The van der Waals surface area contributed by atoms with Gasteiger partial charge in [-0.2, -0.15) is 17.2 Å². The van der Waals surface area contributed by atoms with Crippen molar-refractivity contribution in [1.29, 1.82) is 0 Å². The molecule has 1 aromatic rings. The van der Waals surface area contributed by atoms with Gasteiger partial charge in [-0.3, -0.25) is 9.35 Å². The zero-order valence-corrected chi connectivity index (χ0v) is 15.1. The maximum absolute atomic E-state index is 13.9. The zero-order valence-electron chi connectivity index (χ0n) is 14.3. The van der Waals surface area contributed by atoms with Crippen molar-refractivity contribution >= 4 is 16.1 Å².